The summed E-state index contributed by atoms with van der Waals surface area (Å²) >= 11 is 0. The number of aromatic nitrogens is 1. The molecule has 0 aliphatic carbocycles. The number of hydrogen-bond acceptors (Lipinski definition) is 5. The lowest BCUT2D eigenvalue weighted by Gasteiger charge is -1.96. The van der Waals surface area contributed by atoms with E-state index in [1.54, 1.807) is 0 Å². The fourth-order valence-corrected chi connectivity index (χ4v) is 0.813. The molecule has 0 amide bonds. The maximum absolute atomic E-state index is 10.9. The topological polar surface area (TPSA) is 135 Å². The lowest BCUT2D eigenvalue weighted by atomic mass is 10.2. The Hall–Kier alpha value is -2.38. The van der Waals surface area contributed by atoms with Crippen LogP contribution >= 0.6 is 0 Å². The van der Waals surface area contributed by atoms with Crippen LogP contribution in [-0.4, -0.2) is 21.0 Å². The van der Waals surface area contributed by atoms with Crippen molar-refractivity contribution in [2.75, 3.05) is 0 Å². The number of amidine groups is 1. The van der Waals surface area contributed by atoms with Crippen LogP contribution in [0.2, 0.25) is 0 Å². The number of pyridine rings is 1. The van der Waals surface area contributed by atoms with Crippen LogP contribution in [0.1, 0.15) is 5.56 Å². The molecule has 1 heterocycles. The maximum atomic E-state index is 10.9. The zero-order valence-corrected chi connectivity index (χ0v) is 6.80. The van der Waals surface area contributed by atoms with Gasteiger partial charge in [0, 0.05) is 17.8 Å². The van der Waals surface area contributed by atoms with Gasteiger partial charge in [-0.15, -0.1) is 0 Å². The van der Waals surface area contributed by atoms with Crippen molar-refractivity contribution in [2.45, 2.75) is 0 Å². The van der Waals surface area contributed by atoms with E-state index in [-0.39, 0.29) is 11.4 Å². The SMILES string of the molecule is NC(=NO)c1c[nH]c(=O)c([N+](=O)[O-])c1. The van der Waals surface area contributed by atoms with E-state index in [4.69, 9.17) is 10.9 Å². The van der Waals surface area contributed by atoms with E-state index >= 15 is 0 Å². The first kappa shape index (κ1) is 9.71. The highest BCUT2D eigenvalue weighted by Crippen LogP contribution is 2.05. The van der Waals surface area contributed by atoms with Crippen molar-refractivity contribution in [1.29, 1.82) is 0 Å². The molecule has 0 bridgehead atoms. The Kier molecular flexibility index (Phi) is 2.47. The molecular weight excluding hydrogens is 192 g/mol. The predicted molar refractivity (Wildman–Crippen MR) is 46.2 cm³/mol. The Labute approximate surface area is 76.8 Å². The number of nitro groups is 1. The summed E-state index contributed by atoms with van der Waals surface area (Å²) in [6.45, 7) is 0. The minimum Gasteiger partial charge on any atom is -0.409 e. The highest BCUT2D eigenvalue weighted by Gasteiger charge is 2.13. The lowest BCUT2D eigenvalue weighted by molar-refractivity contribution is -0.386. The summed E-state index contributed by atoms with van der Waals surface area (Å²) in [7, 11) is 0. The molecule has 8 nitrogen and oxygen atoms in total. The first-order valence-corrected chi connectivity index (χ1v) is 3.41. The molecule has 1 aromatic heterocycles. The summed E-state index contributed by atoms with van der Waals surface area (Å²) in [6, 6.07) is 0.924. The first-order valence-electron chi connectivity index (χ1n) is 3.41. The Bertz CT molecular complexity index is 449. The quantitative estimate of drug-likeness (QED) is 0.191. The van der Waals surface area contributed by atoms with Crippen molar-refractivity contribution >= 4 is 11.5 Å². The summed E-state index contributed by atoms with van der Waals surface area (Å²) in [5.74, 6) is -0.315. The Balaban J connectivity index is 3.34. The Morgan fingerprint density at radius 3 is 2.86 bits per heavy atom. The highest BCUT2D eigenvalue weighted by molar-refractivity contribution is 5.97. The van der Waals surface area contributed by atoms with Gasteiger partial charge in [-0.1, -0.05) is 5.16 Å². The molecule has 74 valence electrons. The zero-order chi connectivity index (χ0) is 10.7. The van der Waals surface area contributed by atoms with Crippen molar-refractivity contribution < 1.29 is 10.1 Å². The van der Waals surface area contributed by atoms with Crippen molar-refractivity contribution in [3.05, 3.63) is 38.3 Å². The van der Waals surface area contributed by atoms with Gasteiger partial charge in [-0.2, -0.15) is 0 Å². The average molecular weight is 198 g/mol. The number of rotatable bonds is 2. The van der Waals surface area contributed by atoms with Crippen LogP contribution in [0.3, 0.4) is 0 Å². The van der Waals surface area contributed by atoms with Gasteiger partial charge in [-0.25, -0.2) is 0 Å². The molecule has 0 saturated heterocycles. The van der Waals surface area contributed by atoms with Crippen LogP contribution in [0, 0.1) is 10.1 Å². The minimum atomic E-state index is -0.854. The molecule has 0 aliphatic heterocycles. The molecule has 8 heteroatoms. The summed E-state index contributed by atoms with van der Waals surface area (Å²) in [6.07, 6.45) is 1.12. The lowest BCUT2D eigenvalue weighted by Crippen LogP contribution is -2.18. The summed E-state index contributed by atoms with van der Waals surface area (Å²) in [5, 5.41) is 21.3. The summed E-state index contributed by atoms with van der Waals surface area (Å²) in [5.41, 5.74) is 3.74. The third kappa shape index (κ3) is 1.68. The molecule has 0 unspecified atom stereocenters. The van der Waals surface area contributed by atoms with E-state index in [1.807, 2.05) is 0 Å². The van der Waals surface area contributed by atoms with Gasteiger partial charge < -0.3 is 15.9 Å². The Morgan fingerprint density at radius 2 is 2.36 bits per heavy atom. The molecular formula is C6H6N4O4. The molecule has 0 radical (unpaired) electrons. The van der Waals surface area contributed by atoms with Crippen molar-refractivity contribution in [3.8, 4) is 0 Å². The third-order valence-corrected chi connectivity index (χ3v) is 1.48. The van der Waals surface area contributed by atoms with E-state index in [0.29, 0.717) is 0 Å². The molecule has 4 N–H and O–H groups in total. The largest absolute Gasteiger partial charge is 0.409 e. The minimum absolute atomic E-state index is 0.0683. The second-order valence-corrected chi connectivity index (χ2v) is 2.35. The standard InChI is InChI=1S/C6H6N4O4/c7-5(9-12)3-1-4(10(13)14)6(11)8-2-3/h1-2,12H,(H2,7,9)(H,8,11). The van der Waals surface area contributed by atoms with E-state index in [9.17, 15) is 14.9 Å². The highest BCUT2D eigenvalue weighted by atomic mass is 16.6. The Morgan fingerprint density at radius 1 is 1.71 bits per heavy atom. The van der Waals surface area contributed by atoms with E-state index < -0.39 is 16.2 Å². The molecule has 14 heavy (non-hydrogen) atoms. The van der Waals surface area contributed by atoms with Crippen LogP contribution < -0.4 is 11.3 Å². The normalized spacial score (nSPS) is 11.3. The number of nitrogens with one attached hydrogen (secondary N) is 1. The number of nitrogens with zero attached hydrogens (tertiary/aromatic N) is 2. The second-order valence-electron chi connectivity index (χ2n) is 2.35. The van der Waals surface area contributed by atoms with Crippen LogP contribution in [0.4, 0.5) is 5.69 Å². The first-order chi connectivity index (χ1) is 6.56. The number of hydrogen-bond donors (Lipinski definition) is 3. The molecule has 0 spiro atoms. The number of oxime groups is 1. The molecule has 0 saturated carbocycles. The summed E-state index contributed by atoms with van der Waals surface area (Å²) < 4.78 is 0. The fraction of sp³-hybridized carbons (Fsp3) is 0. The average Bonchev–Trinajstić information content (AvgIpc) is 2.17. The van der Waals surface area contributed by atoms with Gasteiger partial charge in [-0.3, -0.25) is 14.9 Å². The van der Waals surface area contributed by atoms with E-state index in [1.165, 1.54) is 0 Å². The van der Waals surface area contributed by atoms with Gasteiger partial charge in [0.05, 0.1) is 4.92 Å². The van der Waals surface area contributed by atoms with Crippen molar-refractivity contribution in [2.24, 2.45) is 10.9 Å². The smallest absolute Gasteiger partial charge is 0.334 e. The van der Waals surface area contributed by atoms with Crippen LogP contribution in [0.25, 0.3) is 0 Å². The molecule has 0 aromatic carbocycles. The monoisotopic (exact) mass is 198 g/mol. The summed E-state index contributed by atoms with van der Waals surface area (Å²) in [4.78, 5) is 22.5. The van der Waals surface area contributed by atoms with Crippen LogP contribution in [0.15, 0.2) is 22.2 Å². The van der Waals surface area contributed by atoms with Crippen LogP contribution in [-0.2, 0) is 0 Å². The van der Waals surface area contributed by atoms with Gasteiger partial charge in [0.2, 0.25) is 0 Å². The maximum Gasteiger partial charge on any atom is 0.334 e. The zero-order valence-electron chi connectivity index (χ0n) is 6.80. The number of nitrogens with two attached hydrogens (primary N) is 1. The van der Waals surface area contributed by atoms with Gasteiger partial charge in [0.1, 0.15) is 0 Å². The van der Waals surface area contributed by atoms with Crippen molar-refractivity contribution in [1.82, 2.24) is 4.98 Å². The third-order valence-electron chi connectivity index (χ3n) is 1.48. The van der Waals surface area contributed by atoms with Crippen LogP contribution in [0.5, 0.6) is 0 Å². The van der Waals surface area contributed by atoms with Gasteiger partial charge in [-0.05, 0) is 0 Å². The fourth-order valence-electron chi connectivity index (χ4n) is 0.813. The van der Waals surface area contributed by atoms with E-state index in [0.717, 1.165) is 12.3 Å². The number of H-pyrrole nitrogens is 1. The van der Waals surface area contributed by atoms with Gasteiger partial charge in [0.15, 0.2) is 5.84 Å². The second kappa shape index (κ2) is 3.56. The molecule has 0 atom stereocenters. The van der Waals surface area contributed by atoms with E-state index in [2.05, 4.69) is 10.1 Å². The van der Waals surface area contributed by atoms with Gasteiger partial charge >= 0.3 is 11.2 Å². The molecule has 0 fully saturated rings. The molecule has 0 aliphatic rings. The van der Waals surface area contributed by atoms with Crippen molar-refractivity contribution in [3.63, 3.8) is 0 Å². The number of aromatic amines is 1. The van der Waals surface area contributed by atoms with Gasteiger partial charge in [0.25, 0.3) is 0 Å². The molecule has 1 rings (SSSR count). The predicted octanol–water partition coefficient (Wildman–Crippen LogP) is -0.622. The molecule has 1 aromatic rings.